The predicted molar refractivity (Wildman–Crippen MR) is 112 cm³/mol. The second kappa shape index (κ2) is 7.56. The van der Waals surface area contributed by atoms with Crippen molar-refractivity contribution in [2.24, 2.45) is 0 Å². The standard InChI is InChI=1S/C22H14F3N3O2S/c1-11-12(2)31-21-18(11)20(29)27-19(28-21)14(10-26)9-16-6-7-17(30-16)13-4-3-5-15(8-13)22(23,24)25/h3-9H,1-2H3,(H,27,28,29)/b14-9+. The maximum Gasteiger partial charge on any atom is 0.416 e. The number of thiophene rings is 1. The van der Waals surface area contributed by atoms with Gasteiger partial charge in [0, 0.05) is 16.5 Å². The van der Waals surface area contributed by atoms with E-state index < -0.39 is 11.7 Å². The maximum absolute atomic E-state index is 13.0. The molecule has 0 aliphatic carbocycles. The first kappa shape index (κ1) is 20.6. The zero-order valence-electron chi connectivity index (χ0n) is 16.3. The van der Waals surface area contributed by atoms with Crippen LogP contribution in [-0.2, 0) is 6.18 Å². The number of halogens is 3. The van der Waals surface area contributed by atoms with Crippen LogP contribution in [0.3, 0.4) is 0 Å². The lowest BCUT2D eigenvalue weighted by Gasteiger charge is -2.07. The van der Waals surface area contributed by atoms with Gasteiger partial charge in [0.1, 0.15) is 22.4 Å². The van der Waals surface area contributed by atoms with Crippen molar-refractivity contribution in [2.75, 3.05) is 0 Å². The van der Waals surface area contributed by atoms with Gasteiger partial charge in [-0.3, -0.25) is 4.79 Å². The van der Waals surface area contributed by atoms with Crippen molar-refractivity contribution < 1.29 is 17.6 Å². The molecule has 0 amide bonds. The van der Waals surface area contributed by atoms with Gasteiger partial charge in [0.15, 0.2) is 5.82 Å². The number of aryl methyl sites for hydroxylation is 2. The van der Waals surface area contributed by atoms with E-state index in [0.29, 0.717) is 10.2 Å². The fraction of sp³-hybridized carbons (Fsp3) is 0.136. The van der Waals surface area contributed by atoms with E-state index in [0.717, 1.165) is 22.6 Å². The normalized spacial score (nSPS) is 12.3. The number of rotatable bonds is 3. The van der Waals surface area contributed by atoms with Gasteiger partial charge in [-0.05, 0) is 43.7 Å². The molecular formula is C22H14F3N3O2S. The van der Waals surface area contributed by atoms with Crippen molar-refractivity contribution in [1.82, 2.24) is 9.97 Å². The fourth-order valence-corrected chi connectivity index (χ4v) is 4.14. The van der Waals surface area contributed by atoms with Crippen LogP contribution in [0.1, 0.15) is 27.6 Å². The number of benzene rings is 1. The number of hydrogen-bond donors (Lipinski definition) is 1. The highest BCUT2D eigenvalue weighted by molar-refractivity contribution is 7.18. The van der Waals surface area contributed by atoms with Crippen LogP contribution in [-0.4, -0.2) is 9.97 Å². The summed E-state index contributed by atoms with van der Waals surface area (Å²) in [6.07, 6.45) is -3.08. The molecule has 0 saturated heterocycles. The zero-order chi connectivity index (χ0) is 22.3. The average Bonchev–Trinajstić information content (AvgIpc) is 3.30. The zero-order valence-corrected chi connectivity index (χ0v) is 17.1. The van der Waals surface area contributed by atoms with E-state index >= 15 is 0 Å². The summed E-state index contributed by atoms with van der Waals surface area (Å²) in [6.45, 7) is 3.73. The molecule has 1 aromatic carbocycles. The number of alkyl halides is 3. The molecule has 0 saturated carbocycles. The minimum atomic E-state index is -4.46. The smallest absolute Gasteiger partial charge is 0.416 e. The lowest BCUT2D eigenvalue weighted by Crippen LogP contribution is -2.10. The lowest BCUT2D eigenvalue weighted by atomic mass is 10.1. The number of nitrogens with one attached hydrogen (secondary N) is 1. The molecule has 1 N–H and O–H groups in total. The van der Waals surface area contributed by atoms with Gasteiger partial charge in [0.2, 0.25) is 0 Å². The van der Waals surface area contributed by atoms with Crippen molar-refractivity contribution >= 4 is 33.2 Å². The number of nitrogens with zero attached hydrogens (tertiary/aromatic N) is 2. The van der Waals surface area contributed by atoms with E-state index in [2.05, 4.69) is 9.97 Å². The van der Waals surface area contributed by atoms with Crippen LogP contribution >= 0.6 is 11.3 Å². The quantitative estimate of drug-likeness (QED) is 0.399. The summed E-state index contributed by atoms with van der Waals surface area (Å²) in [5.41, 5.74) is 0.0394. The highest BCUT2D eigenvalue weighted by Gasteiger charge is 2.30. The molecule has 4 rings (SSSR count). The number of fused-ring (bicyclic) bond motifs is 1. The summed E-state index contributed by atoms with van der Waals surface area (Å²) in [7, 11) is 0. The second-order valence-corrected chi connectivity index (χ2v) is 8.03. The number of H-pyrrole nitrogens is 1. The van der Waals surface area contributed by atoms with Crippen molar-refractivity contribution in [1.29, 1.82) is 5.26 Å². The van der Waals surface area contributed by atoms with Crippen LogP contribution in [0.25, 0.3) is 33.2 Å². The van der Waals surface area contributed by atoms with E-state index in [1.165, 1.54) is 41.7 Å². The highest BCUT2D eigenvalue weighted by atomic mass is 32.1. The Morgan fingerprint density at radius 1 is 1.26 bits per heavy atom. The van der Waals surface area contributed by atoms with Gasteiger partial charge in [-0.15, -0.1) is 11.3 Å². The summed E-state index contributed by atoms with van der Waals surface area (Å²) >= 11 is 1.36. The van der Waals surface area contributed by atoms with Gasteiger partial charge >= 0.3 is 6.18 Å². The first-order valence-corrected chi connectivity index (χ1v) is 9.88. The Morgan fingerprint density at radius 2 is 2.03 bits per heavy atom. The lowest BCUT2D eigenvalue weighted by molar-refractivity contribution is -0.137. The van der Waals surface area contributed by atoms with Gasteiger partial charge in [-0.1, -0.05) is 12.1 Å². The summed E-state index contributed by atoms with van der Waals surface area (Å²) in [6, 6.07) is 9.80. The van der Waals surface area contributed by atoms with E-state index in [9.17, 15) is 23.2 Å². The number of allylic oxidation sites excluding steroid dienone is 1. The molecule has 9 heteroatoms. The van der Waals surface area contributed by atoms with Gasteiger partial charge in [-0.25, -0.2) is 4.98 Å². The molecule has 3 aromatic heterocycles. The summed E-state index contributed by atoms with van der Waals surface area (Å²) in [5, 5.41) is 10.1. The third kappa shape index (κ3) is 3.90. The molecule has 5 nitrogen and oxygen atoms in total. The molecule has 31 heavy (non-hydrogen) atoms. The van der Waals surface area contributed by atoms with E-state index in [-0.39, 0.29) is 34.0 Å². The van der Waals surface area contributed by atoms with Crippen molar-refractivity contribution in [2.45, 2.75) is 20.0 Å². The minimum absolute atomic E-state index is 0.0626. The van der Waals surface area contributed by atoms with Crippen LogP contribution < -0.4 is 5.56 Å². The molecule has 0 aliphatic rings. The van der Waals surface area contributed by atoms with Crippen molar-refractivity contribution in [3.63, 3.8) is 0 Å². The number of hydrogen-bond acceptors (Lipinski definition) is 5. The Morgan fingerprint density at radius 3 is 2.74 bits per heavy atom. The number of nitriles is 1. The summed E-state index contributed by atoms with van der Waals surface area (Å²) in [5.74, 6) is 0.555. The van der Waals surface area contributed by atoms with E-state index in [1.54, 1.807) is 0 Å². The SMILES string of the molecule is Cc1sc2nc(/C(C#N)=C/c3ccc(-c4cccc(C(F)(F)F)c4)o3)[nH]c(=O)c2c1C. The summed E-state index contributed by atoms with van der Waals surface area (Å²) in [4.78, 5) is 21.0. The average molecular weight is 441 g/mol. The Kier molecular flexibility index (Phi) is 5.03. The number of aromatic amines is 1. The monoisotopic (exact) mass is 441 g/mol. The molecule has 0 spiro atoms. The molecule has 0 unspecified atom stereocenters. The van der Waals surface area contributed by atoms with Gasteiger partial charge < -0.3 is 9.40 Å². The van der Waals surface area contributed by atoms with Crippen LogP contribution in [0.5, 0.6) is 0 Å². The van der Waals surface area contributed by atoms with Gasteiger partial charge in [0.25, 0.3) is 5.56 Å². The third-order valence-corrected chi connectivity index (χ3v) is 5.90. The Balaban J connectivity index is 1.72. The van der Waals surface area contributed by atoms with Gasteiger partial charge in [0.05, 0.1) is 16.5 Å². The minimum Gasteiger partial charge on any atom is -0.457 e. The largest absolute Gasteiger partial charge is 0.457 e. The van der Waals surface area contributed by atoms with Crippen LogP contribution in [0, 0.1) is 25.2 Å². The predicted octanol–water partition coefficient (Wildman–Crippen LogP) is 5.94. The summed E-state index contributed by atoms with van der Waals surface area (Å²) < 4.78 is 44.5. The van der Waals surface area contributed by atoms with E-state index in [1.807, 2.05) is 19.9 Å². The topological polar surface area (TPSA) is 82.7 Å². The third-order valence-electron chi connectivity index (χ3n) is 4.80. The molecule has 0 aliphatic heterocycles. The Bertz CT molecular complexity index is 1430. The molecule has 0 bridgehead atoms. The van der Waals surface area contributed by atoms with Crippen molar-refractivity contribution in [3.8, 4) is 17.4 Å². The van der Waals surface area contributed by atoms with E-state index in [4.69, 9.17) is 4.42 Å². The number of aromatic nitrogens is 2. The molecule has 0 fully saturated rings. The second-order valence-electron chi connectivity index (χ2n) is 6.83. The van der Waals surface area contributed by atoms with Crippen LogP contribution in [0.15, 0.2) is 45.6 Å². The highest BCUT2D eigenvalue weighted by Crippen LogP contribution is 2.33. The maximum atomic E-state index is 13.0. The molecule has 3 heterocycles. The first-order valence-electron chi connectivity index (χ1n) is 9.07. The Labute approximate surface area is 178 Å². The molecule has 4 aromatic rings. The Hall–Kier alpha value is -3.64. The molecule has 0 atom stereocenters. The first-order chi connectivity index (χ1) is 14.7. The van der Waals surface area contributed by atoms with Gasteiger partial charge in [-0.2, -0.15) is 18.4 Å². The fourth-order valence-electron chi connectivity index (χ4n) is 3.11. The molecular weight excluding hydrogens is 427 g/mol. The van der Waals surface area contributed by atoms with Crippen LogP contribution in [0.2, 0.25) is 0 Å². The molecule has 0 radical (unpaired) electrons. The molecule has 156 valence electrons. The number of furan rings is 1. The van der Waals surface area contributed by atoms with Crippen molar-refractivity contribution in [3.05, 3.63) is 74.3 Å². The van der Waals surface area contributed by atoms with Crippen LogP contribution in [0.4, 0.5) is 13.2 Å².